The molecule has 0 spiro atoms. The van der Waals surface area contributed by atoms with E-state index in [0.29, 0.717) is 10.9 Å². The summed E-state index contributed by atoms with van der Waals surface area (Å²) in [5.41, 5.74) is 2.70. The fourth-order valence-corrected chi connectivity index (χ4v) is 5.31. The maximum Gasteiger partial charge on any atom is 0.264 e. The van der Waals surface area contributed by atoms with Crippen LogP contribution < -0.4 is 10.1 Å². The van der Waals surface area contributed by atoms with Gasteiger partial charge >= 0.3 is 0 Å². The molecule has 12 heteroatoms. The molecule has 224 valence electrons. The van der Waals surface area contributed by atoms with Gasteiger partial charge in [0.1, 0.15) is 5.75 Å². The second-order valence-electron chi connectivity index (χ2n) is 9.61. The first-order valence-corrected chi connectivity index (χ1v) is 13.7. The number of aryl methyl sites for hydroxylation is 1. The van der Waals surface area contributed by atoms with Crippen molar-refractivity contribution >= 4 is 87.5 Å². The number of allylic oxidation sites excluding steroid dienone is 1. The molecule has 1 N–H and O–H groups in total. The summed E-state index contributed by atoms with van der Waals surface area (Å²) in [6.07, 6.45) is 3.30. The second-order valence-corrected chi connectivity index (χ2v) is 10.6. The van der Waals surface area contributed by atoms with Crippen LogP contribution in [0.2, 0.25) is 0 Å². The molecule has 1 aliphatic heterocycles. The van der Waals surface area contributed by atoms with Crippen LogP contribution in [0.15, 0.2) is 48.0 Å². The predicted octanol–water partition coefficient (Wildman–Crippen LogP) is 5.32. The number of para-hydroxylation sites is 1. The highest BCUT2D eigenvalue weighted by molar-refractivity contribution is 7.22. The molecule has 2 heterocycles. The summed E-state index contributed by atoms with van der Waals surface area (Å²) in [7, 11) is 2.14. The zero-order valence-corrected chi connectivity index (χ0v) is 26.6. The van der Waals surface area contributed by atoms with Crippen molar-refractivity contribution in [1.29, 1.82) is 0 Å². The molecule has 1 saturated heterocycles. The number of Topliss-reactive ketones (excluding diaryl/α,β-unsaturated/α-hetero) is 2. The van der Waals surface area contributed by atoms with E-state index in [4.69, 9.17) is 4.74 Å². The van der Waals surface area contributed by atoms with E-state index in [1.165, 1.54) is 25.2 Å². The van der Waals surface area contributed by atoms with Crippen molar-refractivity contribution in [3.63, 3.8) is 0 Å². The highest BCUT2D eigenvalue weighted by atomic mass is 35.5. The average Bonchev–Trinajstić information content (AvgIpc) is 3.29. The van der Waals surface area contributed by atoms with Gasteiger partial charge in [-0.3, -0.25) is 19.7 Å². The minimum atomic E-state index is -0.285. The number of hydrogen-bond donors (Lipinski definition) is 1. The molecule has 0 aliphatic carbocycles. The van der Waals surface area contributed by atoms with E-state index in [-0.39, 0.29) is 66.9 Å². The number of likely N-dealkylation sites (N-methyl/N-ethyl adjacent to an activating group) is 1. The zero-order valence-electron chi connectivity index (χ0n) is 23.4. The number of thiazole rings is 1. The number of halogens is 3. The van der Waals surface area contributed by atoms with E-state index in [9.17, 15) is 14.4 Å². The van der Waals surface area contributed by atoms with Gasteiger partial charge in [0.05, 0.1) is 15.8 Å². The number of carbonyl (C=O) groups is 3. The topological polar surface area (TPSA) is 91.8 Å². The highest BCUT2D eigenvalue weighted by Crippen LogP contribution is 2.26. The van der Waals surface area contributed by atoms with Crippen LogP contribution in [0.3, 0.4) is 0 Å². The van der Waals surface area contributed by atoms with E-state index in [1.54, 1.807) is 18.2 Å². The Kier molecular flexibility index (Phi) is 15.5. The van der Waals surface area contributed by atoms with Gasteiger partial charge in [0.15, 0.2) is 23.3 Å². The quantitative estimate of drug-likeness (QED) is 0.172. The number of anilines is 1. The Morgan fingerprint density at radius 3 is 2.34 bits per heavy atom. The van der Waals surface area contributed by atoms with Gasteiger partial charge in [-0.2, -0.15) is 0 Å². The molecule has 1 aliphatic rings. The normalized spacial score (nSPS) is 13.2. The zero-order chi connectivity index (χ0) is 27.1. The Morgan fingerprint density at radius 1 is 1.00 bits per heavy atom. The molecule has 0 atom stereocenters. The number of ketones is 2. The van der Waals surface area contributed by atoms with Gasteiger partial charge in [0, 0.05) is 26.2 Å². The molecule has 1 aromatic heterocycles. The molecule has 8 nitrogen and oxygen atoms in total. The Hall–Kier alpha value is -2.53. The van der Waals surface area contributed by atoms with Gasteiger partial charge < -0.3 is 14.5 Å². The van der Waals surface area contributed by atoms with Crippen molar-refractivity contribution in [3.05, 3.63) is 59.2 Å². The number of rotatable bonds is 11. The molecule has 3 aromatic rings. The third-order valence-corrected chi connectivity index (χ3v) is 7.52. The van der Waals surface area contributed by atoms with E-state index >= 15 is 0 Å². The van der Waals surface area contributed by atoms with Crippen molar-refractivity contribution in [3.8, 4) is 5.75 Å². The highest BCUT2D eigenvalue weighted by Gasteiger charge is 2.15. The van der Waals surface area contributed by atoms with Crippen LogP contribution in [0.1, 0.15) is 31.4 Å². The average molecular weight is 644 g/mol. The second kappa shape index (κ2) is 17.4. The third kappa shape index (κ3) is 10.7. The summed E-state index contributed by atoms with van der Waals surface area (Å²) >= 11 is 1.42. The van der Waals surface area contributed by atoms with E-state index in [0.717, 1.165) is 66.9 Å². The molecule has 0 bridgehead atoms. The van der Waals surface area contributed by atoms with Crippen LogP contribution in [-0.2, 0) is 20.8 Å². The number of aromatic nitrogens is 1. The standard InChI is InChI=1S/C29H34N4O4S.3ClH/c1-20(34)24(21(2)35)18-22-10-11-26(23(17-22)7-6-12-33-15-13-32(3)14-16-33)37-19-28(36)31-29-30-25-8-4-5-9-27(25)38-29;;;/h4-5,8-11,17-18H,6-7,12-16,19H2,1-3H3,(H,30,31,36);3*1H. The van der Waals surface area contributed by atoms with Gasteiger partial charge in [-0.05, 0) is 81.7 Å². The van der Waals surface area contributed by atoms with Gasteiger partial charge in [-0.1, -0.05) is 29.5 Å². The Bertz CT molecular complexity index is 1310. The van der Waals surface area contributed by atoms with Crippen LogP contribution in [0.4, 0.5) is 5.13 Å². The molecule has 1 fully saturated rings. The fraction of sp³-hybridized carbons (Fsp3) is 0.379. The fourth-order valence-electron chi connectivity index (χ4n) is 4.43. The Labute approximate surface area is 263 Å². The lowest BCUT2D eigenvalue weighted by Crippen LogP contribution is -2.44. The number of nitrogens with zero attached hydrogens (tertiary/aromatic N) is 3. The number of benzene rings is 2. The number of ether oxygens (including phenoxy) is 1. The molecule has 0 unspecified atom stereocenters. The number of piperazine rings is 1. The van der Waals surface area contributed by atoms with Crippen molar-refractivity contribution in [2.45, 2.75) is 26.7 Å². The van der Waals surface area contributed by atoms with E-state index in [1.807, 2.05) is 30.3 Å². The first-order chi connectivity index (χ1) is 18.3. The Balaban J connectivity index is 0.00000280. The maximum atomic E-state index is 12.6. The largest absolute Gasteiger partial charge is 0.483 e. The lowest BCUT2D eigenvalue weighted by Gasteiger charge is -2.32. The number of fused-ring (bicyclic) bond motifs is 1. The summed E-state index contributed by atoms with van der Waals surface area (Å²) < 4.78 is 6.95. The number of amides is 1. The summed E-state index contributed by atoms with van der Waals surface area (Å²) in [6.45, 7) is 7.84. The summed E-state index contributed by atoms with van der Waals surface area (Å²) in [5.74, 6) is -0.194. The maximum absolute atomic E-state index is 12.6. The molecule has 0 saturated carbocycles. The van der Waals surface area contributed by atoms with Gasteiger partial charge in [-0.25, -0.2) is 4.98 Å². The predicted molar refractivity (Wildman–Crippen MR) is 174 cm³/mol. The van der Waals surface area contributed by atoms with Crippen molar-refractivity contribution < 1.29 is 19.1 Å². The number of nitrogens with one attached hydrogen (secondary N) is 1. The van der Waals surface area contributed by atoms with Crippen LogP contribution in [-0.4, -0.2) is 78.6 Å². The molecule has 0 radical (unpaired) electrons. The monoisotopic (exact) mass is 642 g/mol. The van der Waals surface area contributed by atoms with E-state index in [2.05, 4.69) is 27.1 Å². The van der Waals surface area contributed by atoms with Crippen LogP contribution >= 0.6 is 48.6 Å². The van der Waals surface area contributed by atoms with Gasteiger partial charge in [-0.15, -0.1) is 37.2 Å². The first kappa shape index (κ1) is 36.5. The number of hydrogen-bond acceptors (Lipinski definition) is 8. The minimum Gasteiger partial charge on any atom is -0.483 e. The van der Waals surface area contributed by atoms with Crippen molar-refractivity contribution in [2.75, 3.05) is 51.7 Å². The summed E-state index contributed by atoms with van der Waals surface area (Å²) in [5, 5.41) is 3.36. The van der Waals surface area contributed by atoms with Crippen LogP contribution in [0, 0.1) is 0 Å². The lowest BCUT2D eigenvalue weighted by atomic mass is 10.0. The van der Waals surface area contributed by atoms with Crippen molar-refractivity contribution in [1.82, 2.24) is 14.8 Å². The number of carbonyl (C=O) groups excluding carboxylic acids is 3. The van der Waals surface area contributed by atoms with Crippen LogP contribution in [0.25, 0.3) is 16.3 Å². The molecule has 4 rings (SSSR count). The molecular weight excluding hydrogens is 607 g/mol. The van der Waals surface area contributed by atoms with Gasteiger partial charge in [0.25, 0.3) is 5.91 Å². The smallest absolute Gasteiger partial charge is 0.264 e. The van der Waals surface area contributed by atoms with E-state index < -0.39 is 0 Å². The SMILES string of the molecule is CC(=O)C(=Cc1ccc(OCC(=O)Nc2nc3ccccc3s2)c(CCCN2CCN(C)CC2)c1)C(C)=O.Cl.Cl.Cl. The van der Waals surface area contributed by atoms with Gasteiger partial charge in [0.2, 0.25) is 0 Å². The minimum absolute atomic E-state index is 0. The van der Waals surface area contributed by atoms with Crippen molar-refractivity contribution in [2.24, 2.45) is 0 Å². The van der Waals surface area contributed by atoms with Crippen LogP contribution in [0.5, 0.6) is 5.75 Å². The molecule has 2 aromatic carbocycles. The molecular formula is C29H37Cl3N4O4S. The first-order valence-electron chi connectivity index (χ1n) is 12.8. The molecule has 1 amide bonds. The Morgan fingerprint density at radius 2 is 1.68 bits per heavy atom. The molecule has 41 heavy (non-hydrogen) atoms. The summed E-state index contributed by atoms with van der Waals surface area (Å²) in [6, 6.07) is 13.3. The summed E-state index contributed by atoms with van der Waals surface area (Å²) in [4.78, 5) is 45.7. The lowest BCUT2D eigenvalue weighted by molar-refractivity contribution is -0.119. The third-order valence-electron chi connectivity index (χ3n) is 6.57.